The van der Waals surface area contributed by atoms with Gasteiger partial charge in [-0.15, -0.1) is 15.3 Å². The molecule has 0 amide bonds. The normalized spacial score (nSPS) is 15.7. The van der Waals surface area contributed by atoms with Gasteiger partial charge in [0.15, 0.2) is 5.82 Å². The van der Waals surface area contributed by atoms with Crippen molar-refractivity contribution in [1.29, 1.82) is 0 Å². The Labute approximate surface area is 141 Å². The quantitative estimate of drug-likeness (QED) is 0.652. The first-order valence-electron chi connectivity index (χ1n) is 7.24. The molecule has 118 valence electrons. The van der Waals surface area contributed by atoms with Gasteiger partial charge in [0.1, 0.15) is 0 Å². The second kappa shape index (κ2) is 5.93. The van der Waals surface area contributed by atoms with Gasteiger partial charge in [-0.25, -0.2) is 4.68 Å². The van der Waals surface area contributed by atoms with E-state index in [-0.39, 0.29) is 5.25 Å². The van der Waals surface area contributed by atoms with E-state index in [0.29, 0.717) is 22.2 Å². The highest BCUT2D eigenvalue weighted by atomic mass is 35.5. The molecule has 2 heterocycles. The van der Waals surface area contributed by atoms with Crippen LogP contribution >= 0.6 is 23.4 Å². The Balaban J connectivity index is 1.52. The minimum atomic E-state index is 0.0262. The molecule has 9 heteroatoms. The average molecular weight is 349 g/mol. The van der Waals surface area contributed by atoms with Gasteiger partial charge in [0, 0.05) is 10.6 Å². The summed E-state index contributed by atoms with van der Waals surface area (Å²) in [6.45, 7) is 2.03. The summed E-state index contributed by atoms with van der Waals surface area (Å²) in [6.07, 6.45) is 2.27. The molecule has 0 spiro atoms. The standard InChI is InChI=1S/C14H13ClN6OS/c1-8(12-16-19-20-21(12)11-5-6-11)23-14-18-17-13(22-14)9-3-2-4-10(15)7-9/h2-4,7-8,11H,5-6H2,1H3. The van der Waals surface area contributed by atoms with Crippen LogP contribution in [0.1, 0.15) is 36.9 Å². The first-order valence-corrected chi connectivity index (χ1v) is 8.50. The summed E-state index contributed by atoms with van der Waals surface area (Å²) >= 11 is 7.43. The van der Waals surface area contributed by atoms with Crippen molar-refractivity contribution in [2.45, 2.75) is 36.3 Å². The highest BCUT2D eigenvalue weighted by Crippen LogP contribution is 2.39. The van der Waals surface area contributed by atoms with Gasteiger partial charge in [0.2, 0.25) is 5.89 Å². The number of aromatic nitrogens is 6. The number of hydrogen-bond donors (Lipinski definition) is 0. The maximum atomic E-state index is 5.99. The lowest BCUT2D eigenvalue weighted by atomic mass is 10.2. The SMILES string of the molecule is CC(Sc1nnc(-c2cccc(Cl)c2)o1)c1nnnn1C1CC1. The van der Waals surface area contributed by atoms with Crippen molar-refractivity contribution in [3.63, 3.8) is 0 Å². The molecule has 0 N–H and O–H groups in total. The lowest BCUT2D eigenvalue weighted by molar-refractivity contribution is 0.464. The number of nitrogens with zero attached hydrogens (tertiary/aromatic N) is 6. The highest BCUT2D eigenvalue weighted by molar-refractivity contribution is 7.99. The van der Waals surface area contributed by atoms with Crippen molar-refractivity contribution in [3.05, 3.63) is 35.1 Å². The van der Waals surface area contributed by atoms with E-state index in [1.165, 1.54) is 11.8 Å². The minimum absolute atomic E-state index is 0.0262. The molecule has 2 aromatic heterocycles. The second-order valence-electron chi connectivity index (χ2n) is 5.36. The Morgan fingerprint density at radius 3 is 2.96 bits per heavy atom. The average Bonchev–Trinajstić information content (AvgIpc) is 3.09. The van der Waals surface area contributed by atoms with Gasteiger partial charge in [-0.1, -0.05) is 29.4 Å². The molecule has 1 unspecified atom stereocenters. The largest absolute Gasteiger partial charge is 0.411 e. The van der Waals surface area contributed by atoms with Crippen LogP contribution in [-0.4, -0.2) is 30.4 Å². The molecule has 0 bridgehead atoms. The molecule has 0 aliphatic heterocycles. The van der Waals surface area contributed by atoms with E-state index in [9.17, 15) is 0 Å². The molecule has 1 aliphatic rings. The van der Waals surface area contributed by atoms with Crippen LogP contribution < -0.4 is 0 Å². The summed E-state index contributed by atoms with van der Waals surface area (Å²) in [6, 6.07) is 7.76. The lowest BCUT2D eigenvalue weighted by Crippen LogP contribution is -2.05. The van der Waals surface area contributed by atoms with Crippen molar-refractivity contribution >= 4 is 23.4 Å². The van der Waals surface area contributed by atoms with E-state index in [2.05, 4.69) is 25.7 Å². The molecular weight excluding hydrogens is 336 g/mol. The number of rotatable bonds is 5. The fourth-order valence-corrected chi connectivity index (χ4v) is 3.22. The van der Waals surface area contributed by atoms with Crippen molar-refractivity contribution < 1.29 is 4.42 Å². The van der Waals surface area contributed by atoms with Gasteiger partial charge in [-0.05, 0) is 48.4 Å². The fourth-order valence-electron chi connectivity index (χ4n) is 2.25. The van der Waals surface area contributed by atoms with Crippen molar-refractivity contribution in [2.24, 2.45) is 0 Å². The second-order valence-corrected chi connectivity index (χ2v) is 7.08. The predicted octanol–water partition coefficient (Wildman–Crippen LogP) is 3.56. The monoisotopic (exact) mass is 348 g/mol. The zero-order valence-electron chi connectivity index (χ0n) is 12.3. The minimum Gasteiger partial charge on any atom is -0.411 e. The first kappa shape index (κ1) is 14.6. The number of tetrazole rings is 1. The van der Waals surface area contributed by atoms with Gasteiger partial charge in [-0.2, -0.15) is 0 Å². The van der Waals surface area contributed by atoms with E-state index >= 15 is 0 Å². The van der Waals surface area contributed by atoms with E-state index in [4.69, 9.17) is 16.0 Å². The molecule has 23 heavy (non-hydrogen) atoms. The summed E-state index contributed by atoms with van der Waals surface area (Å²) < 4.78 is 7.61. The molecule has 0 saturated heterocycles. The number of halogens is 1. The highest BCUT2D eigenvalue weighted by Gasteiger charge is 2.30. The summed E-state index contributed by atoms with van der Waals surface area (Å²) in [7, 11) is 0. The van der Waals surface area contributed by atoms with Crippen LogP contribution in [0.25, 0.3) is 11.5 Å². The third-order valence-electron chi connectivity index (χ3n) is 3.53. The third-order valence-corrected chi connectivity index (χ3v) is 4.70. The molecule has 3 aromatic rings. The maximum absolute atomic E-state index is 5.99. The smallest absolute Gasteiger partial charge is 0.277 e. The van der Waals surface area contributed by atoms with E-state index < -0.39 is 0 Å². The lowest BCUT2D eigenvalue weighted by Gasteiger charge is -2.07. The Morgan fingerprint density at radius 1 is 1.30 bits per heavy atom. The van der Waals surface area contributed by atoms with Crippen LogP contribution in [0.2, 0.25) is 5.02 Å². The summed E-state index contributed by atoms with van der Waals surface area (Å²) in [5, 5.41) is 21.3. The van der Waals surface area contributed by atoms with Crippen molar-refractivity contribution in [3.8, 4) is 11.5 Å². The molecule has 1 aromatic carbocycles. The molecule has 4 rings (SSSR count). The molecule has 1 aliphatic carbocycles. The Morgan fingerprint density at radius 2 is 2.17 bits per heavy atom. The number of benzene rings is 1. The van der Waals surface area contributed by atoms with E-state index in [1.54, 1.807) is 12.1 Å². The van der Waals surface area contributed by atoms with Crippen LogP contribution in [0.4, 0.5) is 0 Å². The predicted molar refractivity (Wildman–Crippen MR) is 85.1 cm³/mol. The maximum Gasteiger partial charge on any atom is 0.277 e. The summed E-state index contributed by atoms with van der Waals surface area (Å²) in [5.41, 5.74) is 0.798. The van der Waals surface area contributed by atoms with Crippen LogP contribution in [0, 0.1) is 0 Å². The summed E-state index contributed by atoms with van der Waals surface area (Å²) in [5.74, 6) is 1.28. The Kier molecular flexibility index (Phi) is 3.78. The summed E-state index contributed by atoms with van der Waals surface area (Å²) in [4.78, 5) is 0. The molecule has 1 atom stereocenters. The van der Waals surface area contributed by atoms with Crippen LogP contribution in [0.15, 0.2) is 33.9 Å². The molecular formula is C14H13ClN6OS. The van der Waals surface area contributed by atoms with Gasteiger partial charge in [-0.3, -0.25) is 0 Å². The Hall–Kier alpha value is -1.93. The topological polar surface area (TPSA) is 82.5 Å². The van der Waals surface area contributed by atoms with Gasteiger partial charge >= 0.3 is 0 Å². The van der Waals surface area contributed by atoms with Gasteiger partial charge in [0.25, 0.3) is 5.22 Å². The van der Waals surface area contributed by atoms with Crippen molar-refractivity contribution in [2.75, 3.05) is 0 Å². The molecule has 1 saturated carbocycles. The van der Waals surface area contributed by atoms with E-state index in [0.717, 1.165) is 24.2 Å². The zero-order chi connectivity index (χ0) is 15.8. The molecule has 1 fully saturated rings. The van der Waals surface area contributed by atoms with Crippen LogP contribution in [0.5, 0.6) is 0 Å². The van der Waals surface area contributed by atoms with Crippen molar-refractivity contribution in [1.82, 2.24) is 30.4 Å². The molecule has 7 nitrogen and oxygen atoms in total. The third kappa shape index (κ3) is 3.09. The number of hydrogen-bond acceptors (Lipinski definition) is 7. The van der Waals surface area contributed by atoms with Crippen LogP contribution in [0.3, 0.4) is 0 Å². The fraction of sp³-hybridized carbons (Fsp3) is 0.357. The van der Waals surface area contributed by atoms with E-state index in [1.807, 2.05) is 23.7 Å². The van der Waals surface area contributed by atoms with Crippen LogP contribution in [-0.2, 0) is 0 Å². The van der Waals surface area contributed by atoms with Gasteiger partial charge in [0.05, 0.1) is 11.3 Å². The first-order chi connectivity index (χ1) is 11.2. The number of thioether (sulfide) groups is 1. The molecule has 0 radical (unpaired) electrons. The zero-order valence-corrected chi connectivity index (χ0v) is 13.8. The van der Waals surface area contributed by atoms with Gasteiger partial charge < -0.3 is 4.42 Å². The Bertz CT molecular complexity index is 830.